The van der Waals surface area contributed by atoms with Crippen LogP contribution in [0.25, 0.3) is 0 Å². The fourth-order valence-electron chi connectivity index (χ4n) is 3.20. The molecular weight excluding hydrogens is 390 g/mol. The second kappa shape index (κ2) is 9.25. The van der Waals surface area contributed by atoms with Gasteiger partial charge in [0.05, 0.1) is 17.8 Å². The molecule has 1 N–H and O–H groups in total. The molecule has 3 rings (SSSR count). The lowest BCUT2D eigenvalue weighted by molar-refractivity contribution is -0.138. The van der Waals surface area contributed by atoms with E-state index >= 15 is 0 Å². The van der Waals surface area contributed by atoms with Crippen molar-refractivity contribution >= 4 is 5.96 Å². The lowest BCUT2D eigenvalue weighted by atomic mass is 10.1. The molecule has 0 amide bonds. The van der Waals surface area contributed by atoms with E-state index in [-0.39, 0.29) is 12.1 Å². The highest BCUT2D eigenvalue weighted by molar-refractivity contribution is 5.80. The molecule has 10 heteroatoms. The van der Waals surface area contributed by atoms with Crippen molar-refractivity contribution in [3.63, 3.8) is 0 Å². The molecule has 2 heterocycles. The van der Waals surface area contributed by atoms with E-state index in [4.69, 9.17) is 4.52 Å². The van der Waals surface area contributed by atoms with Crippen LogP contribution in [0.4, 0.5) is 17.6 Å². The fraction of sp³-hybridized carbons (Fsp3) is 0.474. The van der Waals surface area contributed by atoms with Gasteiger partial charge in [0.25, 0.3) is 0 Å². The summed E-state index contributed by atoms with van der Waals surface area (Å²) in [6.07, 6.45) is -3.09. The molecule has 0 aliphatic carbocycles. The molecule has 1 aliphatic heterocycles. The number of hydrogen-bond acceptors (Lipinski definition) is 4. The Bertz CT molecular complexity index is 815. The summed E-state index contributed by atoms with van der Waals surface area (Å²) in [5.41, 5.74) is -0.191. The number of aliphatic imine (C=N–C) groups is 1. The second-order valence-electron chi connectivity index (χ2n) is 6.72. The monoisotopic (exact) mass is 413 g/mol. The van der Waals surface area contributed by atoms with Crippen LogP contribution < -0.4 is 5.32 Å². The van der Waals surface area contributed by atoms with Crippen LogP contribution in [0.15, 0.2) is 40.0 Å². The Labute approximate surface area is 166 Å². The van der Waals surface area contributed by atoms with Crippen LogP contribution in [0.1, 0.15) is 23.7 Å². The third-order valence-corrected chi connectivity index (χ3v) is 4.66. The first-order valence-electron chi connectivity index (χ1n) is 9.37. The highest BCUT2D eigenvalue weighted by atomic mass is 19.4. The summed E-state index contributed by atoms with van der Waals surface area (Å²) >= 11 is 0. The van der Waals surface area contributed by atoms with Crippen LogP contribution in [0.3, 0.4) is 0 Å². The minimum absolute atomic E-state index is 0.0565. The Kier molecular flexibility index (Phi) is 6.73. The van der Waals surface area contributed by atoms with Crippen molar-refractivity contribution in [2.75, 3.05) is 32.7 Å². The zero-order chi connectivity index (χ0) is 20.9. The topological polar surface area (TPSA) is 56.9 Å². The van der Waals surface area contributed by atoms with Crippen LogP contribution in [-0.4, -0.2) is 53.6 Å². The minimum Gasteiger partial charge on any atom is -0.364 e. The maximum Gasteiger partial charge on any atom is 0.416 e. The van der Waals surface area contributed by atoms with Gasteiger partial charge >= 0.3 is 6.18 Å². The second-order valence-corrected chi connectivity index (χ2v) is 6.72. The van der Waals surface area contributed by atoms with Crippen LogP contribution in [0.2, 0.25) is 0 Å². The normalized spacial score (nSPS) is 16.3. The first-order valence-corrected chi connectivity index (χ1v) is 9.37. The molecular formula is C19H23F4N5O. The molecule has 0 unspecified atom stereocenters. The van der Waals surface area contributed by atoms with E-state index in [9.17, 15) is 17.6 Å². The number of rotatable bonds is 5. The molecule has 2 aromatic rings. The Morgan fingerprint density at radius 2 is 1.97 bits per heavy atom. The average molecular weight is 413 g/mol. The number of halogens is 4. The molecule has 0 spiro atoms. The van der Waals surface area contributed by atoms with E-state index in [2.05, 4.69) is 20.4 Å². The van der Waals surface area contributed by atoms with Gasteiger partial charge < -0.3 is 14.7 Å². The van der Waals surface area contributed by atoms with Gasteiger partial charge in [0, 0.05) is 45.3 Å². The van der Waals surface area contributed by atoms with Crippen LogP contribution in [0, 0.1) is 5.82 Å². The third kappa shape index (κ3) is 5.69. The van der Waals surface area contributed by atoms with Crippen molar-refractivity contribution in [3.05, 3.63) is 53.2 Å². The Morgan fingerprint density at radius 1 is 1.21 bits per heavy atom. The number of nitrogens with one attached hydrogen (secondary N) is 1. The highest BCUT2D eigenvalue weighted by Crippen LogP contribution is 2.32. The maximum atomic E-state index is 13.3. The van der Waals surface area contributed by atoms with E-state index in [1.165, 1.54) is 6.26 Å². The molecule has 0 saturated carbocycles. The van der Waals surface area contributed by atoms with Gasteiger partial charge in [-0.05, 0) is 24.6 Å². The highest BCUT2D eigenvalue weighted by Gasteiger charge is 2.33. The Balaban J connectivity index is 1.67. The largest absolute Gasteiger partial charge is 0.416 e. The first kappa shape index (κ1) is 21.1. The molecule has 1 fully saturated rings. The zero-order valence-electron chi connectivity index (χ0n) is 16.0. The maximum absolute atomic E-state index is 13.3. The Morgan fingerprint density at radius 3 is 2.59 bits per heavy atom. The number of piperazine rings is 1. The summed E-state index contributed by atoms with van der Waals surface area (Å²) in [6, 6.07) is 4.50. The summed E-state index contributed by atoms with van der Waals surface area (Å²) < 4.78 is 57.7. The van der Waals surface area contributed by atoms with Gasteiger partial charge in [-0.25, -0.2) is 9.38 Å². The van der Waals surface area contributed by atoms with E-state index < -0.39 is 17.6 Å². The number of guanidine groups is 1. The van der Waals surface area contributed by atoms with Gasteiger partial charge in [-0.2, -0.15) is 13.2 Å². The minimum atomic E-state index is -4.63. The summed E-state index contributed by atoms with van der Waals surface area (Å²) in [7, 11) is 0. The summed E-state index contributed by atoms with van der Waals surface area (Å²) in [5, 5.41) is 7.03. The van der Waals surface area contributed by atoms with Gasteiger partial charge in [-0.15, -0.1) is 0 Å². The molecule has 1 aliphatic rings. The SMILES string of the molecule is CCNC(=NCc1ccc(F)cc1C(F)(F)F)N1CCN(Cc2ccon2)CC1. The summed E-state index contributed by atoms with van der Waals surface area (Å²) in [4.78, 5) is 8.61. The first-order chi connectivity index (χ1) is 13.9. The predicted molar refractivity (Wildman–Crippen MR) is 99.6 cm³/mol. The predicted octanol–water partition coefficient (Wildman–Crippen LogP) is 3.12. The number of benzene rings is 1. The van der Waals surface area contributed by atoms with E-state index in [1.807, 2.05) is 17.9 Å². The molecule has 29 heavy (non-hydrogen) atoms. The van der Waals surface area contributed by atoms with E-state index in [0.29, 0.717) is 38.2 Å². The molecule has 0 radical (unpaired) electrons. The van der Waals surface area contributed by atoms with Crippen molar-refractivity contribution in [2.24, 2.45) is 4.99 Å². The average Bonchev–Trinajstić information content (AvgIpc) is 3.19. The fourth-order valence-corrected chi connectivity index (χ4v) is 3.20. The van der Waals surface area contributed by atoms with Gasteiger partial charge in [0.15, 0.2) is 5.96 Å². The molecule has 1 saturated heterocycles. The molecule has 1 aromatic heterocycles. The number of hydrogen-bond donors (Lipinski definition) is 1. The summed E-state index contributed by atoms with van der Waals surface area (Å²) in [6.45, 7) is 5.88. The lowest BCUT2D eigenvalue weighted by Gasteiger charge is -2.36. The lowest BCUT2D eigenvalue weighted by Crippen LogP contribution is -2.52. The zero-order valence-corrected chi connectivity index (χ0v) is 16.0. The summed E-state index contributed by atoms with van der Waals surface area (Å²) in [5.74, 6) is -0.369. The van der Waals surface area contributed by atoms with Crippen LogP contribution >= 0.6 is 0 Å². The van der Waals surface area contributed by atoms with Crippen molar-refractivity contribution in [3.8, 4) is 0 Å². The molecule has 6 nitrogen and oxygen atoms in total. The van der Waals surface area contributed by atoms with Crippen molar-refractivity contribution in [1.29, 1.82) is 0 Å². The van der Waals surface area contributed by atoms with Gasteiger partial charge in [0.1, 0.15) is 12.1 Å². The molecule has 0 atom stereocenters. The quantitative estimate of drug-likeness (QED) is 0.464. The van der Waals surface area contributed by atoms with Crippen molar-refractivity contribution in [1.82, 2.24) is 20.3 Å². The standard InChI is InChI=1S/C19H23F4N5O/c1-2-24-18(25-12-14-3-4-15(20)11-17(14)19(21,22)23)28-8-6-27(7-9-28)13-16-5-10-29-26-16/h3-5,10-11H,2,6-9,12-13H2,1H3,(H,24,25). The molecule has 0 bridgehead atoms. The van der Waals surface area contributed by atoms with Gasteiger partial charge in [0.2, 0.25) is 0 Å². The smallest absolute Gasteiger partial charge is 0.364 e. The van der Waals surface area contributed by atoms with Crippen molar-refractivity contribution < 1.29 is 22.1 Å². The van der Waals surface area contributed by atoms with E-state index in [1.54, 1.807) is 0 Å². The number of alkyl halides is 3. The van der Waals surface area contributed by atoms with Crippen LogP contribution in [0.5, 0.6) is 0 Å². The molecule has 1 aromatic carbocycles. The van der Waals surface area contributed by atoms with Crippen molar-refractivity contribution in [2.45, 2.75) is 26.2 Å². The van der Waals surface area contributed by atoms with Gasteiger partial charge in [-0.3, -0.25) is 4.90 Å². The Hall–Kier alpha value is -2.62. The van der Waals surface area contributed by atoms with E-state index in [0.717, 1.165) is 30.9 Å². The van der Waals surface area contributed by atoms with Crippen LogP contribution in [-0.2, 0) is 19.3 Å². The third-order valence-electron chi connectivity index (χ3n) is 4.66. The van der Waals surface area contributed by atoms with Gasteiger partial charge in [-0.1, -0.05) is 11.2 Å². The number of aromatic nitrogens is 1. The molecule has 158 valence electrons. The number of nitrogens with zero attached hydrogens (tertiary/aromatic N) is 4.